The number of fused-ring (bicyclic) bond motifs is 7. The van der Waals surface area contributed by atoms with Crippen molar-refractivity contribution >= 4 is 18.2 Å². The highest BCUT2D eigenvalue weighted by molar-refractivity contribution is 5.80. The summed E-state index contributed by atoms with van der Waals surface area (Å²) >= 11 is 0. The lowest BCUT2D eigenvalue weighted by atomic mass is 9.33. The second-order valence-electron chi connectivity index (χ2n) is 14.5. The summed E-state index contributed by atoms with van der Waals surface area (Å²) in [6.45, 7) is 10.4. The lowest BCUT2D eigenvalue weighted by molar-refractivity contribution is -0.213. The van der Waals surface area contributed by atoms with Crippen molar-refractivity contribution in [2.24, 2.45) is 50.2 Å². The fourth-order valence-electron chi connectivity index (χ4n) is 10.7. The quantitative estimate of drug-likeness (QED) is 0.322. The number of rotatable bonds is 3. The molecule has 7 heteroatoms. The molecule has 0 radical (unpaired) electrons. The number of carboxylic acids is 2. The summed E-state index contributed by atoms with van der Waals surface area (Å²) in [7, 11) is 0. The van der Waals surface area contributed by atoms with Gasteiger partial charge in [0, 0.05) is 5.92 Å². The van der Waals surface area contributed by atoms with Crippen molar-refractivity contribution in [2.45, 2.75) is 105 Å². The Morgan fingerprint density at radius 2 is 1.54 bits per heavy atom. The van der Waals surface area contributed by atoms with Gasteiger partial charge in [0.05, 0.1) is 23.0 Å². The highest BCUT2D eigenvalue weighted by Gasteiger charge is 2.71. The first kappa shape index (κ1) is 26.9. The molecule has 0 unspecified atom stereocenters. The number of carbonyl (C=O) groups excluding carboxylic acids is 1. The van der Waals surface area contributed by atoms with Gasteiger partial charge in [0.25, 0.3) is 0 Å². The predicted molar refractivity (Wildman–Crippen MR) is 136 cm³/mol. The summed E-state index contributed by atoms with van der Waals surface area (Å²) in [5.74, 6) is -2.21. The minimum Gasteiger partial charge on any atom is -0.481 e. The molecule has 11 atom stereocenters. The molecule has 5 aliphatic rings. The molecule has 206 valence electrons. The summed E-state index contributed by atoms with van der Waals surface area (Å²) in [4.78, 5) is 37.4. The van der Waals surface area contributed by atoms with Crippen LogP contribution >= 0.6 is 0 Å². The van der Waals surface area contributed by atoms with E-state index in [2.05, 4.69) is 26.8 Å². The van der Waals surface area contributed by atoms with Gasteiger partial charge < -0.3 is 25.2 Å². The van der Waals surface area contributed by atoms with Crippen molar-refractivity contribution in [3.63, 3.8) is 0 Å². The number of carboxylic acid groups (broad SMARTS) is 2. The zero-order chi connectivity index (χ0) is 27.4. The molecule has 0 aliphatic heterocycles. The third-order valence-electron chi connectivity index (χ3n) is 13.3. The molecule has 5 rings (SSSR count). The molecule has 5 aliphatic carbocycles. The van der Waals surface area contributed by atoms with Crippen LogP contribution in [0.25, 0.3) is 0 Å². The Kier molecular flexibility index (Phi) is 5.74. The van der Waals surface area contributed by atoms with Crippen LogP contribution in [-0.4, -0.2) is 50.9 Å². The van der Waals surface area contributed by atoms with Crippen LogP contribution in [0.3, 0.4) is 0 Å². The van der Waals surface area contributed by atoms with Gasteiger partial charge in [-0.15, -0.1) is 0 Å². The highest BCUT2D eigenvalue weighted by atomic mass is 16.4. The SMILES string of the molecule is C[C@]1(C(=O)O)C[C@H](O)[C@]2(C(=O)O)CC[C@]3(C)C(=CC[C@@H]4[C@@]5(C)CC[C@H](O)[C@@](C)(C=O)[C@@H]5CC[C@]43C)[C@@H]2C1. The van der Waals surface area contributed by atoms with E-state index < -0.39 is 46.3 Å². The molecule has 0 heterocycles. The lowest BCUT2D eigenvalue weighted by Crippen LogP contribution is -2.67. The van der Waals surface area contributed by atoms with Crippen LogP contribution in [0.4, 0.5) is 0 Å². The van der Waals surface area contributed by atoms with E-state index in [4.69, 9.17) is 0 Å². The smallest absolute Gasteiger partial charge is 0.312 e. The maximum absolute atomic E-state index is 12.8. The molecule has 0 aromatic heterocycles. The zero-order valence-corrected chi connectivity index (χ0v) is 22.9. The molecule has 4 N–H and O–H groups in total. The monoisotopic (exact) mass is 516 g/mol. The van der Waals surface area contributed by atoms with E-state index in [0.29, 0.717) is 19.3 Å². The zero-order valence-electron chi connectivity index (χ0n) is 22.9. The van der Waals surface area contributed by atoms with Gasteiger partial charge in [-0.3, -0.25) is 9.59 Å². The van der Waals surface area contributed by atoms with Crippen molar-refractivity contribution in [1.82, 2.24) is 0 Å². The third-order valence-corrected chi connectivity index (χ3v) is 13.3. The number of aldehydes is 1. The van der Waals surface area contributed by atoms with Gasteiger partial charge in [0.2, 0.25) is 0 Å². The van der Waals surface area contributed by atoms with E-state index in [0.717, 1.165) is 37.5 Å². The van der Waals surface area contributed by atoms with Crippen molar-refractivity contribution < 1.29 is 34.8 Å². The second kappa shape index (κ2) is 7.91. The van der Waals surface area contributed by atoms with E-state index in [1.807, 2.05) is 6.92 Å². The molecule has 4 fully saturated rings. The molecule has 0 spiro atoms. The first-order valence-corrected chi connectivity index (χ1v) is 14.1. The molecule has 0 aromatic rings. The van der Waals surface area contributed by atoms with Crippen molar-refractivity contribution in [3.05, 3.63) is 11.6 Å². The summed E-state index contributed by atoms with van der Waals surface area (Å²) in [5, 5.41) is 42.6. The average Bonchev–Trinajstić information content (AvgIpc) is 2.81. The third kappa shape index (κ3) is 3.04. The first-order chi connectivity index (χ1) is 17.1. The summed E-state index contributed by atoms with van der Waals surface area (Å²) < 4.78 is 0. The van der Waals surface area contributed by atoms with Crippen LogP contribution in [0.15, 0.2) is 11.6 Å². The second-order valence-corrected chi connectivity index (χ2v) is 14.5. The molecule has 0 aromatic carbocycles. The number of hydrogen-bond donors (Lipinski definition) is 4. The number of hydrogen-bond acceptors (Lipinski definition) is 5. The number of carbonyl (C=O) groups is 3. The Morgan fingerprint density at radius 1 is 0.865 bits per heavy atom. The van der Waals surface area contributed by atoms with Crippen LogP contribution in [0.2, 0.25) is 0 Å². The molecule has 7 nitrogen and oxygen atoms in total. The van der Waals surface area contributed by atoms with E-state index in [1.165, 1.54) is 0 Å². The Balaban J connectivity index is 1.63. The summed E-state index contributed by atoms with van der Waals surface area (Å²) in [6.07, 6.45) is 6.30. The molecule has 0 saturated heterocycles. The van der Waals surface area contributed by atoms with E-state index in [-0.39, 0.29) is 40.9 Å². The number of aliphatic hydroxyl groups is 2. The van der Waals surface area contributed by atoms with Crippen molar-refractivity contribution in [1.29, 1.82) is 0 Å². The van der Waals surface area contributed by atoms with Gasteiger partial charge in [-0.2, -0.15) is 0 Å². The lowest BCUT2D eigenvalue weighted by Gasteiger charge is -2.71. The molecule has 37 heavy (non-hydrogen) atoms. The number of aliphatic hydroxyl groups excluding tert-OH is 2. The standard InChI is InChI=1S/C30H44O7/c1-25(23(34)35)14-18-17-6-7-20-26(2)10-9-21(32)27(3,16-31)19(26)8-11-29(20,5)28(17,4)12-13-30(18,24(36)37)22(33)15-25/h6,16,18-22,32-33H,7-15H2,1-5H3,(H,34,35)(H,36,37)/t18-,19+,20+,21-,22-,25+,26-,27-,28+,29+,30-/m0/s1. The topological polar surface area (TPSA) is 132 Å². The normalized spacial score (nSPS) is 55.0. The molecular weight excluding hydrogens is 472 g/mol. The average molecular weight is 517 g/mol. The molecule has 0 bridgehead atoms. The Bertz CT molecular complexity index is 1070. The summed E-state index contributed by atoms with van der Waals surface area (Å²) in [5.41, 5.74) is -2.94. The van der Waals surface area contributed by atoms with E-state index in [9.17, 15) is 34.8 Å². The molecular formula is C30H44O7. The minimum atomic E-state index is -1.37. The van der Waals surface area contributed by atoms with Gasteiger partial charge in [-0.05, 0) is 92.8 Å². The fraction of sp³-hybridized carbons (Fsp3) is 0.833. The highest BCUT2D eigenvalue weighted by Crippen LogP contribution is 2.75. The van der Waals surface area contributed by atoms with Crippen LogP contribution in [0, 0.1) is 50.2 Å². The summed E-state index contributed by atoms with van der Waals surface area (Å²) in [6, 6.07) is 0. The van der Waals surface area contributed by atoms with E-state index in [1.54, 1.807) is 6.92 Å². The number of allylic oxidation sites excluding steroid dienone is 2. The van der Waals surface area contributed by atoms with Crippen molar-refractivity contribution in [2.75, 3.05) is 0 Å². The maximum atomic E-state index is 12.8. The van der Waals surface area contributed by atoms with Crippen LogP contribution in [-0.2, 0) is 14.4 Å². The Morgan fingerprint density at radius 3 is 2.14 bits per heavy atom. The minimum absolute atomic E-state index is 0.0542. The molecule has 4 saturated carbocycles. The van der Waals surface area contributed by atoms with Crippen LogP contribution in [0.5, 0.6) is 0 Å². The van der Waals surface area contributed by atoms with Crippen molar-refractivity contribution in [3.8, 4) is 0 Å². The van der Waals surface area contributed by atoms with Gasteiger partial charge in [-0.1, -0.05) is 39.3 Å². The molecule has 0 amide bonds. The van der Waals surface area contributed by atoms with Gasteiger partial charge in [0.1, 0.15) is 11.7 Å². The van der Waals surface area contributed by atoms with Gasteiger partial charge >= 0.3 is 11.9 Å². The van der Waals surface area contributed by atoms with Gasteiger partial charge in [0.15, 0.2) is 0 Å². The van der Waals surface area contributed by atoms with E-state index >= 15 is 0 Å². The van der Waals surface area contributed by atoms with Crippen LogP contribution < -0.4 is 0 Å². The first-order valence-electron chi connectivity index (χ1n) is 14.1. The number of aliphatic carboxylic acids is 2. The van der Waals surface area contributed by atoms with Gasteiger partial charge in [-0.25, -0.2) is 0 Å². The Labute approximate surface area is 219 Å². The fourth-order valence-corrected chi connectivity index (χ4v) is 10.7. The predicted octanol–water partition coefficient (Wildman–Crippen LogP) is 4.45. The Hall–Kier alpha value is -1.73. The largest absolute Gasteiger partial charge is 0.481 e. The van der Waals surface area contributed by atoms with Crippen LogP contribution in [0.1, 0.15) is 92.4 Å². The maximum Gasteiger partial charge on any atom is 0.312 e.